The van der Waals surface area contributed by atoms with Gasteiger partial charge in [0, 0.05) is 32.3 Å². The van der Waals surface area contributed by atoms with Gasteiger partial charge in [-0.2, -0.15) is 4.31 Å². The minimum absolute atomic E-state index is 0.0705. The molecule has 0 aromatic heterocycles. The first-order chi connectivity index (χ1) is 11.2. The second kappa shape index (κ2) is 9.61. The zero-order valence-electron chi connectivity index (χ0n) is 14.6. The molecule has 7 nitrogen and oxygen atoms in total. The minimum atomic E-state index is -3.37. The summed E-state index contributed by atoms with van der Waals surface area (Å²) in [6.07, 6.45) is 1.27. The van der Waals surface area contributed by atoms with Crippen molar-refractivity contribution in [3.05, 3.63) is 24.3 Å². The van der Waals surface area contributed by atoms with E-state index in [2.05, 4.69) is 5.32 Å². The summed E-state index contributed by atoms with van der Waals surface area (Å²) >= 11 is 0. The van der Waals surface area contributed by atoms with Crippen LogP contribution in [0.15, 0.2) is 24.3 Å². The summed E-state index contributed by atoms with van der Waals surface area (Å²) < 4.78 is 35.0. The fourth-order valence-corrected chi connectivity index (χ4v) is 2.80. The number of carbonyl (C=O) groups excluding carboxylic acids is 1. The Morgan fingerprint density at radius 3 is 2.33 bits per heavy atom. The van der Waals surface area contributed by atoms with Crippen molar-refractivity contribution >= 4 is 21.6 Å². The molecule has 0 atom stereocenters. The molecule has 0 saturated carbocycles. The van der Waals surface area contributed by atoms with Crippen molar-refractivity contribution in [3.63, 3.8) is 0 Å². The van der Waals surface area contributed by atoms with Crippen molar-refractivity contribution in [3.8, 4) is 5.75 Å². The number of rotatable bonds is 10. The Labute approximate surface area is 144 Å². The summed E-state index contributed by atoms with van der Waals surface area (Å²) in [6.45, 7) is 4.50. The van der Waals surface area contributed by atoms with Gasteiger partial charge in [0.15, 0.2) is 0 Å². The summed E-state index contributed by atoms with van der Waals surface area (Å²) in [7, 11) is -1.87. The molecule has 0 aliphatic heterocycles. The fraction of sp³-hybridized carbons (Fsp3) is 0.562. The van der Waals surface area contributed by atoms with Gasteiger partial charge in [0.25, 0.3) is 0 Å². The smallest absolute Gasteiger partial charge is 0.225 e. The first-order valence-electron chi connectivity index (χ1n) is 7.73. The molecule has 136 valence electrons. The maximum Gasteiger partial charge on any atom is 0.225 e. The number of sulfonamides is 1. The lowest BCUT2D eigenvalue weighted by Crippen LogP contribution is -2.35. The highest BCUT2D eigenvalue weighted by Gasteiger charge is 2.17. The molecule has 0 saturated heterocycles. The second-order valence-electron chi connectivity index (χ2n) is 5.64. The van der Waals surface area contributed by atoms with E-state index in [4.69, 9.17) is 9.47 Å². The Hall–Kier alpha value is -1.64. The van der Waals surface area contributed by atoms with Crippen molar-refractivity contribution in [1.82, 2.24) is 4.31 Å². The van der Waals surface area contributed by atoms with E-state index >= 15 is 0 Å². The largest absolute Gasteiger partial charge is 0.491 e. The van der Waals surface area contributed by atoms with Crippen LogP contribution in [-0.2, 0) is 19.6 Å². The van der Waals surface area contributed by atoms with Gasteiger partial charge in [-0.15, -0.1) is 0 Å². The summed E-state index contributed by atoms with van der Waals surface area (Å²) in [6, 6.07) is 7.04. The van der Waals surface area contributed by atoms with Crippen LogP contribution in [-0.4, -0.2) is 57.8 Å². The maximum absolute atomic E-state index is 12.0. The third-order valence-corrected chi connectivity index (χ3v) is 4.42. The Kier molecular flexibility index (Phi) is 8.17. The number of hydrogen-bond donors (Lipinski definition) is 1. The van der Waals surface area contributed by atoms with Gasteiger partial charge in [-0.1, -0.05) is 0 Å². The molecule has 1 N–H and O–H groups in total. The van der Waals surface area contributed by atoms with E-state index in [9.17, 15) is 13.2 Å². The van der Waals surface area contributed by atoms with Gasteiger partial charge in [-0.05, 0) is 38.1 Å². The van der Waals surface area contributed by atoms with Gasteiger partial charge in [0.2, 0.25) is 15.9 Å². The molecular formula is C16H26N2O5S. The third kappa shape index (κ3) is 7.76. The van der Waals surface area contributed by atoms with Crippen LogP contribution in [0.3, 0.4) is 0 Å². The zero-order valence-corrected chi connectivity index (χ0v) is 15.4. The number of nitrogens with one attached hydrogen (secondary N) is 1. The summed E-state index contributed by atoms with van der Waals surface area (Å²) in [5.41, 5.74) is 0.638. The van der Waals surface area contributed by atoms with E-state index in [1.807, 2.05) is 13.8 Å². The lowest BCUT2D eigenvalue weighted by Gasteiger charge is -2.19. The summed E-state index contributed by atoms with van der Waals surface area (Å²) in [5.74, 6) is 0.476. The summed E-state index contributed by atoms with van der Waals surface area (Å²) in [4.78, 5) is 12.0. The number of nitrogens with zero attached hydrogens (tertiary/aromatic N) is 1. The Balaban J connectivity index is 2.52. The van der Waals surface area contributed by atoms with Gasteiger partial charge >= 0.3 is 0 Å². The number of amides is 1. The Bertz CT molecular complexity index is 614. The molecule has 0 aliphatic rings. The molecule has 0 spiro atoms. The topological polar surface area (TPSA) is 84.9 Å². The average Bonchev–Trinajstić information content (AvgIpc) is 2.47. The van der Waals surface area contributed by atoms with Crippen molar-refractivity contribution in [1.29, 1.82) is 0 Å². The van der Waals surface area contributed by atoms with Crippen molar-refractivity contribution in [2.45, 2.75) is 26.4 Å². The van der Waals surface area contributed by atoms with Crippen molar-refractivity contribution < 1.29 is 22.7 Å². The third-order valence-electron chi connectivity index (χ3n) is 3.11. The van der Waals surface area contributed by atoms with Crippen LogP contribution in [0, 0.1) is 0 Å². The van der Waals surface area contributed by atoms with Crippen LogP contribution in [0.2, 0.25) is 0 Å². The van der Waals surface area contributed by atoms with Gasteiger partial charge in [0.05, 0.1) is 19.0 Å². The molecule has 1 rings (SSSR count). The lowest BCUT2D eigenvalue weighted by atomic mass is 10.3. The normalized spacial score (nSPS) is 11.8. The molecule has 1 aromatic carbocycles. The minimum Gasteiger partial charge on any atom is -0.491 e. The van der Waals surface area contributed by atoms with Gasteiger partial charge in [-0.3, -0.25) is 4.79 Å². The van der Waals surface area contributed by atoms with E-state index in [1.165, 1.54) is 11.4 Å². The molecule has 0 bridgehead atoms. The maximum atomic E-state index is 12.0. The fourth-order valence-electron chi connectivity index (χ4n) is 1.98. The second-order valence-corrected chi connectivity index (χ2v) is 7.63. The number of ether oxygens (including phenoxy) is 2. The number of methoxy groups -OCH3 is 1. The van der Waals surface area contributed by atoms with E-state index in [0.29, 0.717) is 5.69 Å². The van der Waals surface area contributed by atoms with Gasteiger partial charge in [-0.25, -0.2) is 8.42 Å². The standard InChI is InChI=1S/C16H26N2O5S/c1-13(2)23-15-7-5-14(6-8-15)17-16(19)9-10-18(11-12-22-3)24(4,20)21/h5-8,13H,9-12H2,1-4H3,(H,17,19). The number of carbonyl (C=O) groups is 1. The average molecular weight is 358 g/mol. The predicted octanol–water partition coefficient (Wildman–Crippen LogP) is 1.71. The van der Waals surface area contributed by atoms with E-state index in [-0.39, 0.29) is 38.1 Å². The van der Waals surface area contributed by atoms with Crippen LogP contribution in [0.1, 0.15) is 20.3 Å². The van der Waals surface area contributed by atoms with Gasteiger partial charge in [0.1, 0.15) is 5.75 Å². The summed E-state index contributed by atoms with van der Waals surface area (Å²) in [5, 5.41) is 2.74. The molecule has 0 unspecified atom stereocenters. The zero-order chi connectivity index (χ0) is 18.2. The van der Waals surface area contributed by atoms with E-state index < -0.39 is 10.0 Å². The molecule has 0 heterocycles. The molecule has 1 amide bonds. The first kappa shape index (κ1) is 20.4. The van der Waals surface area contributed by atoms with Crippen LogP contribution < -0.4 is 10.1 Å². The van der Waals surface area contributed by atoms with Crippen LogP contribution in [0.25, 0.3) is 0 Å². The predicted molar refractivity (Wildman–Crippen MR) is 93.7 cm³/mol. The highest BCUT2D eigenvalue weighted by Crippen LogP contribution is 2.17. The number of hydrogen-bond acceptors (Lipinski definition) is 5. The molecule has 0 aliphatic carbocycles. The van der Waals surface area contributed by atoms with Crippen LogP contribution in [0.5, 0.6) is 5.75 Å². The lowest BCUT2D eigenvalue weighted by molar-refractivity contribution is -0.116. The first-order valence-corrected chi connectivity index (χ1v) is 9.58. The monoisotopic (exact) mass is 358 g/mol. The number of benzene rings is 1. The Morgan fingerprint density at radius 2 is 1.83 bits per heavy atom. The van der Waals surface area contributed by atoms with Crippen molar-refractivity contribution in [2.75, 3.05) is 38.4 Å². The van der Waals surface area contributed by atoms with Crippen molar-refractivity contribution in [2.24, 2.45) is 0 Å². The molecule has 24 heavy (non-hydrogen) atoms. The van der Waals surface area contributed by atoms with Crippen LogP contribution >= 0.6 is 0 Å². The molecule has 8 heteroatoms. The molecule has 1 aromatic rings. The molecular weight excluding hydrogens is 332 g/mol. The molecule has 0 fully saturated rings. The van der Waals surface area contributed by atoms with E-state index in [0.717, 1.165) is 12.0 Å². The van der Waals surface area contributed by atoms with Gasteiger partial charge < -0.3 is 14.8 Å². The Morgan fingerprint density at radius 1 is 1.21 bits per heavy atom. The number of anilines is 1. The highest BCUT2D eigenvalue weighted by atomic mass is 32.2. The SMILES string of the molecule is COCCN(CCC(=O)Nc1ccc(OC(C)C)cc1)S(C)(=O)=O. The van der Waals surface area contributed by atoms with Crippen LogP contribution in [0.4, 0.5) is 5.69 Å². The highest BCUT2D eigenvalue weighted by molar-refractivity contribution is 7.88. The quantitative estimate of drug-likeness (QED) is 0.688. The van der Waals surface area contributed by atoms with E-state index in [1.54, 1.807) is 24.3 Å². The molecule has 0 radical (unpaired) electrons.